The summed E-state index contributed by atoms with van der Waals surface area (Å²) >= 11 is 6.34. The molecule has 0 saturated carbocycles. The zero-order valence-corrected chi connectivity index (χ0v) is 16.3. The van der Waals surface area contributed by atoms with Gasteiger partial charge >= 0.3 is 5.97 Å². The number of aromatic nitrogens is 1. The van der Waals surface area contributed by atoms with Crippen molar-refractivity contribution < 1.29 is 14.7 Å². The van der Waals surface area contributed by atoms with Crippen molar-refractivity contribution in [2.75, 3.05) is 0 Å². The van der Waals surface area contributed by atoms with Crippen LogP contribution in [0.4, 0.5) is 0 Å². The molecule has 4 rings (SSSR count). The molecule has 5 nitrogen and oxygen atoms in total. The summed E-state index contributed by atoms with van der Waals surface area (Å²) in [5.74, 6) is -1.42. The second kappa shape index (κ2) is 8.05. The van der Waals surface area contributed by atoms with Crippen molar-refractivity contribution in [3.8, 4) is 11.1 Å². The van der Waals surface area contributed by atoms with Crippen LogP contribution in [0.25, 0.3) is 11.1 Å². The second-order valence-corrected chi connectivity index (χ2v) is 7.39. The number of amides is 1. The number of benzene rings is 2. The molecule has 1 N–H and O–H groups in total. The van der Waals surface area contributed by atoms with E-state index in [1.807, 2.05) is 54.6 Å². The fraction of sp³-hybridized carbons (Fsp3) is 0.174. The number of aliphatic carboxylic acids is 1. The number of rotatable bonds is 4. The predicted octanol–water partition coefficient (Wildman–Crippen LogP) is 4.83. The molecule has 1 aliphatic heterocycles. The van der Waals surface area contributed by atoms with Gasteiger partial charge in [-0.1, -0.05) is 66.2 Å². The second-order valence-electron chi connectivity index (χ2n) is 6.98. The quantitative estimate of drug-likeness (QED) is 0.673. The third-order valence-electron chi connectivity index (χ3n) is 5.26. The number of hydrogen-bond donors (Lipinski definition) is 1. The molecule has 0 spiro atoms. The van der Waals surface area contributed by atoms with Crippen molar-refractivity contribution in [2.24, 2.45) is 0 Å². The maximum Gasteiger partial charge on any atom is 0.326 e. The predicted molar refractivity (Wildman–Crippen MR) is 111 cm³/mol. The van der Waals surface area contributed by atoms with Crippen LogP contribution in [0, 0.1) is 0 Å². The third-order valence-corrected chi connectivity index (χ3v) is 5.60. The summed E-state index contributed by atoms with van der Waals surface area (Å²) in [5, 5.41) is 10.2. The molecule has 0 radical (unpaired) electrons. The van der Waals surface area contributed by atoms with Gasteiger partial charge < -0.3 is 10.0 Å². The minimum absolute atomic E-state index is 0.217. The van der Waals surface area contributed by atoms with E-state index in [0.29, 0.717) is 17.9 Å². The molecule has 1 aromatic heterocycles. The molecule has 1 aliphatic rings. The molecular formula is C23H19ClN2O3. The van der Waals surface area contributed by atoms with E-state index in [-0.39, 0.29) is 5.69 Å². The number of nitrogens with zero attached hydrogens (tertiary/aromatic N) is 2. The highest BCUT2D eigenvalue weighted by Gasteiger charge is 2.42. The highest BCUT2D eigenvalue weighted by atomic mass is 35.5. The molecule has 2 aromatic carbocycles. The summed E-state index contributed by atoms with van der Waals surface area (Å²) in [6.45, 7) is 0. The Bertz CT molecular complexity index is 1040. The largest absolute Gasteiger partial charge is 0.480 e. The van der Waals surface area contributed by atoms with Gasteiger partial charge in [0.05, 0.1) is 6.04 Å². The normalized spacial score (nSPS) is 18.6. The Morgan fingerprint density at radius 2 is 1.66 bits per heavy atom. The van der Waals surface area contributed by atoms with Gasteiger partial charge in [0.15, 0.2) is 0 Å². The molecule has 6 heteroatoms. The molecule has 0 bridgehead atoms. The van der Waals surface area contributed by atoms with Crippen LogP contribution >= 0.6 is 11.6 Å². The van der Waals surface area contributed by atoms with Gasteiger partial charge in [0.2, 0.25) is 0 Å². The molecule has 0 unspecified atom stereocenters. The lowest BCUT2D eigenvalue weighted by Crippen LogP contribution is -2.42. The van der Waals surface area contributed by atoms with Crippen LogP contribution in [-0.4, -0.2) is 32.9 Å². The first-order valence-electron chi connectivity index (χ1n) is 9.37. The van der Waals surface area contributed by atoms with Gasteiger partial charge in [-0.05, 0) is 36.1 Å². The minimum atomic E-state index is -1.02. The number of carbonyl (C=O) groups is 2. The molecule has 29 heavy (non-hydrogen) atoms. The summed E-state index contributed by atoms with van der Waals surface area (Å²) in [6, 6.07) is 19.1. The summed E-state index contributed by atoms with van der Waals surface area (Å²) in [6.07, 6.45) is 2.55. The first-order valence-corrected chi connectivity index (χ1v) is 9.75. The van der Waals surface area contributed by atoms with Gasteiger partial charge in [-0.3, -0.25) is 9.78 Å². The van der Waals surface area contributed by atoms with Gasteiger partial charge in [-0.25, -0.2) is 4.79 Å². The summed E-state index contributed by atoms with van der Waals surface area (Å²) in [7, 11) is 0. The van der Waals surface area contributed by atoms with Crippen LogP contribution in [-0.2, 0) is 4.79 Å². The molecule has 0 aliphatic carbocycles. The number of carbonyl (C=O) groups excluding carboxylic acids is 1. The zero-order chi connectivity index (χ0) is 20.4. The first-order chi connectivity index (χ1) is 14.1. The topological polar surface area (TPSA) is 70.5 Å². The fourth-order valence-corrected chi connectivity index (χ4v) is 4.10. The molecule has 1 saturated heterocycles. The van der Waals surface area contributed by atoms with Gasteiger partial charge in [0.25, 0.3) is 5.91 Å². The number of halogens is 1. The highest BCUT2D eigenvalue weighted by molar-refractivity contribution is 6.31. The van der Waals surface area contributed by atoms with Crippen molar-refractivity contribution in [1.29, 1.82) is 0 Å². The number of pyridine rings is 1. The van der Waals surface area contributed by atoms with Crippen LogP contribution in [0.3, 0.4) is 0 Å². The monoisotopic (exact) mass is 406 g/mol. The van der Waals surface area contributed by atoms with E-state index in [1.54, 1.807) is 18.3 Å². The van der Waals surface area contributed by atoms with Gasteiger partial charge in [-0.2, -0.15) is 0 Å². The van der Waals surface area contributed by atoms with Gasteiger partial charge in [0.1, 0.15) is 11.7 Å². The Hall–Kier alpha value is -3.18. The Kier molecular flexibility index (Phi) is 5.32. The standard InChI is InChI=1S/C23H19ClN2O3/c24-18-9-5-4-8-17(18)20-12-13-21(23(28)29)26(20)22(27)19-11-10-16(14-25-19)15-6-2-1-3-7-15/h1-11,14,20-21H,12-13H2,(H,28,29)/t20-,21+/m1/s1. The highest BCUT2D eigenvalue weighted by Crippen LogP contribution is 2.40. The van der Waals surface area contributed by atoms with E-state index in [4.69, 9.17) is 11.6 Å². The van der Waals surface area contributed by atoms with E-state index in [9.17, 15) is 14.7 Å². The lowest BCUT2D eigenvalue weighted by atomic mass is 10.0. The number of likely N-dealkylation sites (tertiary alicyclic amines) is 1. The van der Waals surface area contributed by atoms with Crippen molar-refractivity contribution in [3.05, 3.63) is 89.2 Å². The zero-order valence-electron chi connectivity index (χ0n) is 15.5. The van der Waals surface area contributed by atoms with Crippen molar-refractivity contribution in [3.63, 3.8) is 0 Å². The van der Waals surface area contributed by atoms with Crippen LogP contribution in [0.1, 0.15) is 34.9 Å². The molecule has 2 atom stereocenters. The van der Waals surface area contributed by atoms with E-state index < -0.39 is 24.0 Å². The Morgan fingerprint density at radius 3 is 2.31 bits per heavy atom. The SMILES string of the molecule is O=C(O)[C@@H]1CC[C@H](c2ccccc2Cl)N1C(=O)c1ccc(-c2ccccc2)cn1. The van der Waals surface area contributed by atoms with E-state index in [2.05, 4.69) is 4.98 Å². The third kappa shape index (κ3) is 3.74. The fourth-order valence-electron chi connectivity index (χ4n) is 3.84. The summed E-state index contributed by atoms with van der Waals surface area (Å²) in [4.78, 5) is 30.8. The van der Waals surface area contributed by atoms with Gasteiger partial charge in [-0.15, -0.1) is 0 Å². The Labute approximate surface area is 173 Å². The van der Waals surface area contributed by atoms with Crippen LogP contribution in [0.5, 0.6) is 0 Å². The van der Waals surface area contributed by atoms with Crippen molar-refractivity contribution >= 4 is 23.5 Å². The van der Waals surface area contributed by atoms with Crippen molar-refractivity contribution in [2.45, 2.75) is 24.9 Å². The average Bonchev–Trinajstić information content (AvgIpc) is 3.19. The molecule has 2 heterocycles. The first kappa shape index (κ1) is 19.2. The minimum Gasteiger partial charge on any atom is -0.480 e. The molecule has 1 amide bonds. The smallest absolute Gasteiger partial charge is 0.326 e. The molecule has 146 valence electrons. The van der Waals surface area contributed by atoms with Crippen LogP contribution < -0.4 is 0 Å². The summed E-state index contributed by atoms with van der Waals surface area (Å²) in [5.41, 5.74) is 2.86. The maximum atomic E-state index is 13.3. The lowest BCUT2D eigenvalue weighted by Gasteiger charge is -2.29. The van der Waals surface area contributed by atoms with Crippen LogP contribution in [0.2, 0.25) is 5.02 Å². The lowest BCUT2D eigenvalue weighted by molar-refractivity contribution is -0.141. The molecule has 1 fully saturated rings. The number of carboxylic acid groups (broad SMARTS) is 1. The van der Waals surface area contributed by atoms with E-state index in [1.165, 1.54) is 4.90 Å². The number of carboxylic acids is 1. The Morgan fingerprint density at radius 1 is 0.931 bits per heavy atom. The van der Waals surface area contributed by atoms with E-state index >= 15 is 0 Å². The Balaban J connectivity index is 1.67. The van der Waals surface area contributed by atoms with Crippen molar-refractivity contribution in [1.82, 2.24) is 9.88 Å². The number of hydrogen-bond acceptors (Lipinski definition) is 3. The van der Waals surface area contributed by atoms with E-state index in [0.717, 1.165) is 16.7 Å². The van der Waals surface area contributed by atoms with Gasteiger partial charge in [0, 0.05) is 16.8 Å². The molecule has 3 aromatic rings. The maximum absolute atomic E-state index is 13.3. The van der Waals surface area contributed by atoms with Crippen LogP contribution in [0.15, 0.2) is 72.9 Å². The average molecular weight is 407 g/mol. The molecular weight excluding hydrogens is 388 g/mol. The summed E-state index contributed by atoms with van der Waals surface area (Å²) < 4.78 is 0.